The quantitative estimate of drug-likeness (QED) is 0.181. The molecule has 0 spiro atoms. The zero-order chi connectivity index (χ0) is 34.8. The van der Waals surface area contributed by atoms with E-state index < -0.39 is 0 Å². The molecule has 0 fully saturated rings. The number of aromatic nitrogens is 2. The van der Waals surface area contributed by atoms with Crippen molar-refractivity contribution in [3.8, 4) is 67.2 Å². The highest BCUT2D eigenvalue weighted by molar-refractivity contribution is 7.26. The van der Waals surface area contributed by atoms with Gasteiger partial charge in [-0.1, -0.05) is 159 Å². The van der Waals surface area contributed by atoms with Gasteiger partial charge in [-0.2, -0.15) is 0 Å². The summed E-state index contributed by atoms with van der Waals surface area (Å²) in [5.41, 5.74) is 16.2. The lowest BCUT2D eigenvalue weighted by Crippen LogP contribution is -2.14. The van der Waals surface area contributed by atoms with Gasteiger partial charge in [0, 0.05) is 32.2 Å². The van der Waals surface area contributed by atoms with Crippen LogP contribution in [0.3, 0.4) is 0 Å². The predicted octanol–water partition coefficient (Wildman–Crippen LogP) is 13.5. The summed E-state index contributed by atoms with van der Waals surface area (Å²) in [6.45, 7) is 4.68. The van der Waals surface area contributed by atoms with Crippen molar-refractivity contribution >= 4 is 31.6 Å². The Hall–Kier alpha value is -6.16. The molecule has 3 heteroatoms. The second kappa shape index (κ2) is 12.0. The molecule has 0 bridgehead atoms. The van der Waals surface area contributed by atoms with Crippen molar-refractivity contribution in [2.75, 3.05) is 0 Å². The lowest BCUT2D eigenvalue weighted by Gasteiger charge is -2.22. The number of nitrogens with zero attached hydrogens (tertiary/aromatic N) is 2. The van der Waals surface area contributed by atoms with Crippen LogP contribution >= 0.6 is 11.3 Å². The Kier molecular flexibility index (Phi) is 7.06. The molecule has 0 amide bonds. The summed E-state index contributed by atoms with van der Waals surface area (Å²) in [7, 11) is 0. The lowest BCUT2D eigenvalue weighted by atomic mass is 9.81. The zero-order valence-electron chi connectivity index (χ0n) is 29.0. The Morgan fingerprint density at radius 3 is 1.81 bits per heavy atom. The van der Waals surface area contributed by atoms with Crippen LogP contribution in [0.1, 0.15) is 25.0 Å². The van der Waals surface area contributed by atoms with Crippen LogP contribution in [-0.4, -0.2) is 9.97 Å². The van der Waals surface area contributed by atoms with E-state index >= 15 is 0 Å². The fourth-order valence-electron chi connectivity index (χ4n) is 8.15. The molecule has 0 saturated heterocycles. The van der Waals surface area contributed by atoms with E-state index in [1.165, 1.54) is 32.5 Å². The van der Waals surface area contributed by atoms with Crippen molar-refractivity contribution in [2.45, 2.75) is 19.3 Å². The van der Waals surface area contributed by atoms with Crippen LogP contribution in [0, 0.1) is 0 Å². The van der Waals surface area contributed by atoms with E-state index in [9.17, 15) is 0 Å². The van der Waals surface area contributed by atoms with Gasteiger partial charge in [-0.25, -0.2) is 9.97 Å². The maximum atomic E-state index is 5.50. The largest absolute Gasteiger partial charge is 0.226 e. The highest BCUT2D eigenvalue weighted by Gasteiger charge is 2.35. The molecular weight excluding hydrogens is 649 g/mol. The number of benzene rings is 7. The molecule has 2 aromatic heterocycles. The topological polar surface area (TPSA) is 25.8 Å². The first-order valence-corrected chi connectivity index (χ1v) is 18.6. The smallest absolute Gasteiger partial charge is 0.161 e. The Balaban J connectivity index is 1.32. The molecule has 1 aliphatic rings. The summed E-state index contributed by atoms with van der Waals surface area (Å²) in [5, 5.41) is 1.16. The first-order valence-electron chi connectivity index (χ1n) is 17.8. The number of fused-ring (bicyclic) bond motifs is 6. The summed E-state index contributed by atoms with van der Waals surface area (Å²) in [6.07, 6.45) is 0. The fourth-order valence-corrected chi connectivity index (χ4v) is 9.30. The molecule has 246 valence electrons. The maximum Gasteiger partial charge on any atom is 0.161 e. The van der Waals surface area contributed by atoms with Crippen LogP contribution in [0.5, 0.6) is 0 Å². The monoisotopic (exact) mass is 682 g/mol. The number of hydrogen-bond donors (Lipinski definition) is 0. The van der Waals surface area contributed by atoms with Gasteiger partial charge in [0.2, 0.25) is 0 Å². The SMILES string of the molecule is CC1(C)c2ccccc2-c2cc(-c3cc(-c4ccccc4)cc(-c4nc(-c5ccccc5)c5sc6ccccc6c5n4)c3-c3ccccc3)ccc21. The van der Waals surface area contributed by atoms with Gasteiger partial charge in [-0.15, -0.1) is 11.3 Å². The van der Waals surface area contributed by atoms with Gasteiger partial charge in [0.15, 0.2) is 5.82 Å². The minimum Gasteiger partial charge on any atom is -0.226 e. The molecule has 9 aromatic rings. The Bertz CT molecular complexity index is 2800. The van der Waals surface area contributed by atoms with E-state index in [0.29, 0.717) is 0 Å². The van der Waals surface area contributed by atoms with E-state index in [1.807, 2.05) is 0 Å². The minimum absolute atomic E-state index is 0.0653. The van der Waals surface area contributed by atoms with Crippen LogP contribution in [-0.2, 0) is 5.41 Å². The third-order valence-corrected chi connectivity index (χ3v) is 11.9. The second-order valence-corrected chi connectivity index (χ2v) is 15.2. The zero-order valence-corrected chi connectivity index (χ0v) is 29.8. The van der Waals surface area contributed by atoms with Crippen LogP contribution < -0.4 is 0 Å². The van der Waals surface area contributed by atoms with Gasteiger partial charge in [0.1, 0.15) is 0 Å². The average molecular weight is 683 g/mol. The van der Waals surface area contributed by atoms with Crippen molar-refractivity contribution < 1.29 is 0 Å². The third kappa shape index (κ3) is 4.85. The van der Waals surface area contributed by atoms with E-state index in [2.05, 4.69) is 184 Å². The standard InChI is InChI=1S/C49H34N2S/c1-49(2)41-24-14-12-22-36(41)39-28-34(26-27-42(39)49)38-29-35(31-16-6-3-7-17-31)30-40(44(38)32-18-8-4-9-19-32)48-50-45(33-20-10-5-11-21-33)47-46(51-48)37-23-13-15-25-43(37)52-47/h3-30H,1-2H3. The van der Waals surface area contributed by atoms with Crippen molar-refractivity contribution in [1.29, 1.82) is 0 Å². The van der Waals surface area contributed by atoms with Crippen LogP contribution in [0.4, 0.5) is 0 Å². The molecule has 0 radical (unpaired) electrons. The van der Waals surface area contributed by atoms with Gasteiger partial charge in [0.05, 0.1) is 15.9 Å². The van der Waals surface area contributed by atoms with E-state index in [1.54, 1.807) is 11.3 Å². The molecule has 0 aliphatic heterocycles. The molecule has 0 N–H and O–H groups in total. The van der Waals surface area contributed by atoms with Crippen molar-refractivity contribution in [3.63, 3.8) is 0 Å². The highest BCUT2D eigenvalue weighted by Crippen LogP contribution is 2.51. The lowest BCUT2D eigenvalue weighted by molar-refractivity contribution is 0.660. The molecule has 0 atom stereocenters. The molecule has 7 aromatic carbocycles. The molecular formula is C49H34N2S. The van der Waals surface area contributed by atoms with Gasteiger partial charge in [-0.3, -0.25) is 0 Å². The van der Waals surface area contributed by atoms with E-state index in [-0.39, 0.29) is 5.41 Å². The van der Waals surface area contributed by atoms with Gasteiger partial charge >= 0.3 is 0 Å². The Morgan fingerprint density at radius 2 is 1.04 bits per heavy atom. The highest BCUT2D eigenvalue weighted by atomic mass is 32.1. The Morgan fingerprint density at radius 1 is 0.442 bits per heavy atom. The van der Waals surface area contributed by atoms with Crippen molar-refractivity contribution in [2.24, 2.45) is 0 Å². The van der Waals surface area contributed by atoms with Crippen LogP contribution in [0.15, 0.2) is 170 Å². The van der Waals surface area contributed by atoms with Crippen molar-refractivity contribution in [3.05, 3.63) is 181 Å². The molecule has 2 heterocycles. The molecule has 10 rings (SSSR count). The fraction of sp³-hybridized carbons (Fsp3) is 0.0612. The molecule has 52 heavy (non-hydrogen) atoms. The Labute approximate surface area is 307 Å². The molecule has 0 unspecified atom stereocenters. The van der Waals surface area contributed by atoms with Crippen LogP contribution in [0.2, 0.25) is 0 Å². The molecule has 0 saturated carbocycles. The summed E-state index contributed by atoms with van der Waals surface area (Å²) < 4.78 is 2.32. The summed E-state index contributed by atoms with van der Waals surface area (Å²) in [4.78, 5) is 11.0. The molecule has 1 aliphatic carbocycles. The van der Waals surface area contributed by atoms with Gasteiger partial charge in [0.25, 0.3) is 0 Å². The van der Waals surface area contributed by atoms with E-state index in [0.717, 1.165) is 66.1 Å². The van der Waals surface area contributed by atoms with E-state index in [4.69, 9.17) is 9.97 Å². The average Bonchev–Trinajstić information content (AvgIpc) is 3.69. The van der Waals surface area contributed by atoms with Gasteiger partial charge < -0.3 is 0 Å². The van der Waals surface area contributed by atoms with Crippen LogP contribution in [0.25, 0.3) is 87.5 Å². The predicted molar refractivity (Wildman–Crippen MR) is 220 cm³/mol. The summed E-state index contributed by atoms with van der Waals surface area (Å²) in [6, 6.07) is 61.2. The maximum absolute atomic E-state index is 5.50. The first-order chi connectivity index (χ1) is 25.5. The van der Waals surface area contributed by atoms with Gasteiger partial charge in [-0.05, 0) is 74.3 Å². The minimum atomic E-state index is -0.0653. The number of thiophene rings is 1. The number of hydrogen-bond acceptors (Lipinski definition) is 3. The summed E-state index contributed by atoms with van der Waals surface area (Å²) >= 11 is 1.77. The molecule has 2 nitrogen and oxygen atoms in total. The summed E-state index contributed by atoms with van der Waals surface area (Å²) in [5.74, 6) is 0.723. The normalized spacial score (nSPS) is 13.0. The number of rotatable bonds is 5. The first kappa shape index (κ1) is 30.6. The second-order valence-electron chi connectivity index (χ2n) is 14.1. The third-order valence-electron chi connectivity index (χ3n) is 10.7. The van der Waals surface area contributed by atoms with Crippen molar-refractivity contribution in [1.82, 2.24) is 9.97 Å².